The fourth-order valence-electron chi connectivity index (χ4n) is 5.62. The first kappa shape index (κ1) is 23.8. The maximum Gasteiger partial charge on any atom is 0.231 e. The largest absolute Gasteiger partial charge is 0.454 e. The summed E-state index contributed by atoms with van der Waals surface area (Å²) < 4.78 is 13.1. The first-order valence-electron chi connectivity index (χ1n) is 13.3. The zero-order valence-electron chi connectivity index (χ0n) is 22.0. The van der Waals surface area contributed by atoms with Gasteiger partial charge in [-0.25, -0.2) is 14.7 Å². The maximum absolute atomic E-state index is 6.34. The highest BCUT2D eigenvalue weighted by Gasteiger charge is 2.41. The molecule has 0 saturated heterocycles. The Morgan fingerprint density at radius 2 is 1.63 bits per heavy atom. The summed E-state index contributed by atoms with van der Waals surface area (Å²) in [6.07, 6.45) is 0. The van der Waals surface area contributed by atoms with Gasteiger partial charge >= 0.3 is 0 Å². The van der Waals surface area contributed by atoms with Gasteiger partial charge in [-0.05, 0) is 61.0 Å². The van der Waals surface area contributed by atoms with Gasteiger partial charge in [0.2, 0.25) is 6.79 Å². The second-order valence-electron chi connectivity index (χ2n) is 9.97. The number of hydrogen-bond donors (Lipinski definition) is 1. The molecule has 1 unspecified atom stereocenters. The molecule has 0 amide bonds. The van der Waals surface area contributed by atoms with E-state index in [1.807, 2.05) is 90.5 Å². The van der Waals surface area contributed by atoms with Crippen LogP contribution in [0.1, 0.15) is 22.9 Å². The molecule has 5 aromatic rings. The van der Waals surface area contributed by atoms with Crippen LogP contribution in [0.25, 0.3) is 5.69 Å². The van der Waals surface area contributed by atoms with Crippen molar-refractivity contribution in [3.05, 3.63) is 119 Å². The quantitative estimate of drug-likeness (QED) is 0.250. The number of anilines is 2. The molecule has 0 bridgehead atoms. The van der Waals surface area contributed by atoms with Crippen LogP contribution in [0.2, 0.25) is 5.02 Å². The zero-order chi connectivity index (χ0) is 27.5. The SMILES string of the molecule is Cc1nn(-c2ccccc2)c2c1C(c1ccc(Cl)cc1)N1C(=N2)C(Nc2ccc3c(c2)OCO3)=Nc2ccccc21. The third-order valence-electron chi connectivity index (χ3n) is 7.46. The summed E-state index contributed by atoms with van der Waals surface area (Å²) in [4.78, 5) is 12.6. The van der Waals surface area contributed by atoms with Gasteiger partial charge < -0.3 is 19.7 Å². The Labute approximate surface area is 241 Å². The number of benzene rings is 4. The fourth-order valence-corrected chi connectivity index (χ4v) is 5.74. The first-order valence-corrected chi connectivity index (χ1v) is 13.6. The predicted octanol–water partition coefficient (Wildman–Crippen LogP) is 7.36. The van der Waals surface area contributed by atoms with Crippen LogP contribution in [0.5, 0.6) is 11.5 Å². The normalized spacial score (nSPS) is 16.3. The number of aromatic nitrogens is 2. The highest BCUT2D eigenvalue weighted by molar-refractivity contribution is 6.51. The molecule has 3 aliphatic heterocycles. The minimum Gasteiger partial charge on any atom is -0.454 e. The molecule has 1 N–H and O–H groups in total. The summed E-state index contributed by atoms with van der Waals surface area (Å²) in [6, 6.07) is 31.7. The predicted molar refractivity (Wildman–Crippen MR) is 161 cm³/mol. The summed E-state index contributed by atoms with van der Waals surface area (Å²) in [5, 5.41) is 9.19. The van der Waals surface area contributed by atoms with E-state index in [2.05, 4.69) is 28.4 Å². The number of nitrogens with one attached hydrogen (secondary N) is 1. The first-order chi connectivity index (χ1) is 20.1. The molecule has 0 radical (unpaired) electrons. The van der Waals surface area contributed by atoms with Crippen LogP contribution in [-0.4, -0.2) is 28.2 Å². The Morgan fingerprint density at radius 3 is 2.49 bits per heavy atom. The van der Waals surface area contributed by atoms with Crippen LogP contribution in [0.4, 0.5) is 22.9 Å². The number of ether oxygens (including phenoxy) is 2. The van der Waals surface area contributed by atoms with Crippen LogP contribution < -0.4 is 19.7 Å². The minimum absolute atomic E-state index is 0.210. The number of halogens is 1. The summed E-state index contributed by atoms with van der Waals surface area (Å²) in [5.41, 5.74) is 6.54. The van der Waals surface area contributed by atoms with Crippen molar-refractivity contribution >= 4 is 46.2 Å². The van der Waals surface area contributed by atoms with Crippen molar-refractivity contribution in [3.8, 4) is 17.2 Å². The lowest BCUT2D eigenvalue weighted by molar-refractivity contribution is 0.174. The van der Waals surface area contributed by atoms with Gasteiger partial charge in [-0.1, -0.05) is 54.1 Å². The lowest BCUT2D eigenvalue weighted by atomic mass is 9.93. The smallest absolute Gasteiger partial charge is 0.231 e. The monoisotopic (exact) mass is 558 g/mol. The van der Waals surface area contributed by atoms with Gasteiger partial charge in [0.15, 0.2) is 29.0 Å². The summed E-state index contributed by atoms with van der Waals surface area (Å²) in [6.45, 7) is 2.25. The Balaban J connectivity index is 1.36. The summed E-state index contributed by atoms with van der Waals surface area (Å²) in [5.74, 6) is 3.47. The van der Waals surface area contributed by atoms with Gasteiger partial charge in [0.25, 0.3) is 0 Å². The van der Waals surface area contributed by atoms with Crippen molar-refractivity contribution in [3.63, 3.8) is 0 Å². The maximum atomic E-state index is 6.34. The molecule has 200 valence electrons. The van der Waals surface area contributed by atoms with E-state index in [0.29, 0.717) is 22.4 Å². The van der Waals surface area contributed by atoms with Gasteiger partial charge in [-0.3, -0.25) is 0 Å². The molecule has 0 fully saturated rings. The molecular weight excluding hydrogens is 536 g/mol. The van der Waals surface area contributed by atoms with Crippen molar-refractivity contribution < 1.29 is 9.47 Å². The summed E-state index contributed by atoms with van der Waals surface area (Å²) in [7, 11) is 0. The number of fused-ring (bicyclic) bond motifs is 5. The number of amidine groups is 2. The average molecular weight is 559 g/mol. The van der Waals surface area contributed by atoms with E-state index in [0.717, 1.165) is 51.1 Å². The van der Waals surface area contributed by atoms with Crippen LogP contribution in [0.15, 0.2) is 107 Å². The molecular formula is C32H23ClN6O2. The van der Waals surface area contributed by atoms with E-state index in [1.54, 1.807) is 0 Å². The molecule has 8 nitrogen and oxygen atoms in total. The Hall–Kier alpha value is -5.08. The third-order valence-corrected chi connectivity index (χ3v) is 7.71. The molecule has 0 saturated carbocycles. The van der Waals surface area contributed by atoms with Crippen LogP contribution in [0, 0.1) is 6.92 Å². The van der Waals surface area contributed by atoms with Gasteiger partial charge in [-0.15, -0.1) is 0 Å². The highest BCUT2D eigenvalue weighted by Crippen LogP contribution is 2.48. The second kappa shape index (κ2) is 9.25. The molecule has 4 aromatic carbocycles. The number of rotatable bonds is 3. The number of aliphatic imine (C=N–C) groups is 2. The van der Waals surface area contributed by atoms with Crippen LogP contribution in [0.3, 0.4) is 0 Å². The van der Waals surface area contributed by atoms with Crippen LogP contribution in [-0.2, 0) is 0 Å². The lowest BCUT2D eigenvalue weighted by Gasteiger charge is -2.40. The van der Waals surface area contributed by atoms with E-state index in [1.165, 1.54) is 0 Å². The van der Waals surface area contributed by atoms with Gasteiger partial charge in [0.05, 0.1) is 28.8 Å². The topological polar surface area (TPSA) is 76.3 Å². The lowest BCUT2D eigenvalue weighted by Crippen LogP contribution is -2.46. The zero-order valence-corrected chi connectivity index (χ0v) is 22.7. The molecule has 8 rings (SSSR count). The van der Waals surface area contributed by atoms with Crippen molar-refractivity contribution in [2.45, 2.75) is 13.0 Å². The van der Waals surface area contributed by atoms with Crippen molar-refractivity contribution in [1.82, 2.24) is 9.78 Å². The highest BCUT2D eigenvalue weighted by atomic mass is 35.5. The standard InChI is InChI=1S/C32H23ClN6O2/c1-19-28-29(20-11-13-21(33)14-12-20)38-25-10-6-5-9-24(25)35-30(34-22-15-16-26-27(17-22)41-18-40-26)32(38)36-31(28)39(37-19)23-7-3-2-4-8-23/h2-17,29H,18H2,1H3,(H,34,35). The number of hydrogen-bond acceptors (Lipinski definition) is 7. The molecule has 3 aliphatic rings. The van der Waals surface area contributed by atoms with Gasteiger partial charge in [0, 0.05) is 22.3 Å². The Morgan fingerprint density at radius 1 is 0.854 bits per heavy atom. The van der Waals surface area contributed by atoms with E-state index < -0.39 is 0 Å². The molecule has 0 aliphatic carbocycles. The fraction of sp³-hybridized carbons (Fsp3) is 0.0938. The Kier molecular flexibility index (Phi) is 5.36. The molecule has 4 heterocycles. The second-order valence-corrected chi connectivity index (χ2v) is 10.4. The number of para-hydroxylation sites is 3. The Bertz CT molecular complexity index is 1880. The van der Waals surface area contributed by atoms with E-state index in [4.69, 9.17) is 36.2 Å². The van der Waals surface area contributed by atoms with E-state index in [-0.39, 0.29) is 12.8 Å². The van der Waals surface area contributed by atoms with Crippen molar-refractivity contribution in [1.29, 1.82) is 0 Å². The number of aryl methyl sites for hydroxylation is 1. The van der Waals surface area contributed by atoms with Crippen molar-refractivity contribution in [2.24, 2.45) is 9.98 Å². The van der Waals surface area contributed by atoms with Gasteiger partial charge in [0.1, 0.15) is 0 Å². The molecule has 1 atom stereocenters. The number of nitrogens with zero attached hydrogens (tertiary/aromatic N) is 5. The molecule has 9 heteroatoms. The average Bonchev–Trinajstić information content (AvgIpc) is 3.61. The van der Waals surface area contributed by atoms with Gasteiger partial charge in [-0.2, -0.15) is 5.10 Å². The van der Waals surface area contributed by atoms with Crippen LogP contribution >= 0.6 is 11.6 Å². The molecule has 1 aromatic heterocycles. The van der Waals surface area contributed by atoms with E-state index in [9.17, 15) is 0 Å². The summed E-state index contributed by atoms with van der Waals surface area (Å²) >= 11 is 6.34. The molecule has 41 heavy (non-hydrogen) atoms. The minimum atomic E-state index is -0.225. The molecule has 0 spiro atoms. The van der Waals surface area contributed by atoms with Crippen molar-refractivity contribution in [2.75, 3.05) is 17.0 Å². The third kappa shape index (κ3) is 3.87. The van der Waals surface area contributed by atoms with E-state index >= 15 is 0 Å².